The maximum Gasteiger partial charge on any atom is 0.151 e. The Hall–Kier alpha value is -1.48. The van der Waals surface area contributed by atoms with Crippen LogP contribution in [-0.4, -0.2) is 0 Å². The van der Waals surface area contributed by atoms with E-state index in [-0.39, 0.29) is 0 Å². The molecule has 0 amide bonds. The molecule has 15 heavy (non-hydrogen) atoms. The fourth-order valence-electron chi connectivity index (χ4n) is 1.21. The van der Waals surface area contributed by atoms with Crippen molar-refractivity contribution in [2.24, 2.45) is 0 Å². The lowest BCUT2D eigenvalue weighted by Gasteiger charge is -2.08. The van der Waals surface area contributed by atoms with Gasteiger partial charge in [0.25, 0.3) is 0 Å². The van der Waals surface area contributed by atoms with E-state index in [1.807, 2.05) is 48.5 Å². The van der Waals surface area contributed by atoms with Crippen molar-refractivity contribution >= 4 is 21.6 Å². The van der Waals surface area contributed by atoms with Crippen LogP contribution in [0.25, 0.3) is 0 Å². The first kappa shape index (κ1) is 10.1. The lowest BCUT2D eigenvalue weighted by atomic mass is 10.3. The second kappa shape index (κ2) is 4.36. The fourth-order valence-corrected chi connectivity index (χ4v) is 1.55. The van der Waals surface area contributed by atoms with Crippen LogP contribution < -0.4 is 10.5 Å². The van der Waals surface area contributed by atoms with Gasteiger partial charge in [-0.2, -0.15) is 0 Å². The molecule has 2 N–H and O–H groups in total. The topological polar surface area (TPSA) is 35.2 Å². The van der Waals surface area contributed by atoms with Crippen molar-refractivity contribution in [3.63, 3.8) is 0 Å². The lowest BCUT2D eigenvalue weighted by molar-refractivity contribution is 0.485. The van der Waals surface area contributed by atoms with Crippen molar-refractivity contribution in [3.8, 4) is 11.5 Å². The summed E-state index contributed by atoms with van der Waals surface area (Å²) >= 11 is 3.37. The van der Waals surface area contributed by atoms with Gasteiger partial charge in [-0.15, -0.1) is 0 Å². The van der Waals surface area contributed by atoms with Crippen LogP contribution in [0.5, 0.6) is 11.5 Å². The third kappa shape index (κ3) is 2.50. The zero-order chi connectivity index (χ0) is 10.7. The highest BCUT2D eigenvalue weighted by Gasteiger charge is 2.02. The van der Waals surface area contributed by atoms with Crippen LogP contribution in [0.4, 0.5) is 5.69 Å². The number of nitrogens with two attached hydrogens (primary N) is 1. The molecule has 0 aliphatic rings. The number of rotatable bonds is 2. The summed E-state index contributed by atoms with van der Waals surface area (Å²) in [5, 5.41) is 0. The summed E-state index contributed by atoms with van der Waals surface area (Å²) in [5.74, 6) is 1.44. The Morgan fingerprint density at radius 1 is 1.00 bits per heavy atom. The second-order valence-electron chi connectivity index (χ2n) is 3.10. The molecule has 0 fully saturated rings. The molecule has 2 nitrogen and oxygen atoms in total. The summed E-state index contributed by atoms with van der Waals surface area (Å²) in [6.45, 7) is 0. The molecular formula is C12H10BrNO. The van der Waals surface area contributed by atoms with Gasteiger partial charge in [-0.1, -0.05) is 34.1 Å². The van der Waals surface area contributed by atoms with Crippen LogP contribution in [0.2, 0.25) is 0 Å². The van der Waals surface area contributed by atoms with Crippen molar-refractivity contribution in [1.29, 1.82) is 0 Å². The minimum atomic E-state index is 0.627. The normalized spacial score (nSPS) is 9.93. The van der Waals surface area contributed by atoms with Gasteiger partial charge in [0.1, 0.15) is 5.75 Å². The van der Waals surface area contributed by atoms with Gasteiger partial charge in [0.2, 0.25) is 0 Å². The number of benzene rings is 2. The number of halogens is 1. The van der Waals surface area contributed by atoms with E-state index in [4.69, 9.17) is 10.5 Å². The van der Waals surface area contributed by atoms with Gasteiger partial charge < -0.3 is 10.5 Å². The molecule has 0 atom stereocenters. The summed E-state index contributed by atoms with van der Waals surface area (Å²) in [4.78, 5) is 0. The van der Waals surface area contributed by atoms with E-state index in [0.717, 1.165) is 10.2 Å². The third-order valence-electron chi connectivity index (χ3n) is 1.95. The summed E-state index contributed by atoms with van der Waals surface area (Å²) in [5.41, 5.74) is 6.42. The standard InChI is InChI=1S/C12H10BrNO/c13-9-6-7-11(14)12(8-9)15-10-4-2-1-3-5-10/h1-8H,14H2. The number of hydrogen-bond acceptors (Lipinski definition) is 2. The number of nitrogen functional groups attached to an aromatic ring is 1. The molecule has 0 aliphatic carbocycles. The molecule has 0 aromatic heterocycles. The van der Waals surface area contributed by atoms with Gasteiger partial charge in [0.05, 0.1) is 5.69 Å². The van der Waals surface area contributed by atoms with E-state index in [1.54, 1.807) is 0 Å². The Balaban J connectivity index is 2.28. The van der Waals surface area contributed by atoms with Crippen LogP contribution in [-0.2, 0) is 0 Å². The predicted molar refractivity (Wildman–Crippen MR) is 65.1 cm³/mol. The molecule has 0 spiro atoms. The highest BCUT2D eigenvalue weighted by Crippen LogP contribution is 2.29. The molecule has 0 saturated heterocycles. The highest BCUT2D eigenvalue weighted by molar-refractivity contribution is 9.10. The fraction of sp³-hybridized carbons (Fsp3) is 0. The summed E-state index contributed by atoms with van der Waals surface area (Å²) in [6, 6.07) is 15.1. The molecule has 3 heteroatoms. The van der Waals surface area contributed by atoms with Crippen molar-refractivity contribution in [1.82, 2.24) is 0 Å². The molecule has 0 heterocycles. The number of ether oxygens (including phenoxy) is 1. The SMILES string of the molecule is Nc1ccc(Br)cc1Oc1ccccc1. The Labute approximate surface area is 96.8 Å². The molecule has 0 bridgehead atoms. The molecule has 76 valence electrons. The first-order valence-corrected chi connectivity index (χ1v) is 5.33. The monoisotopic (exact) mass is 263 g/mol. The molecule has 2 aromatic rings. The summed E-state index contributed by atoms with van der Waals surface area (Å²) in [7, 11) is 0. The first-order chi connectivity index (χ1) is 7.25. The predicted octanol–water partition coefficient (Wildman–Crippen LogP) is 3.82. The average Bonchev–Trinajstić information content (AvgIpc) is 2.25. The molecule has 0 radical (unpaired) electrons. The van der Waals surface area contributed by atoms with E-state index < -0.39 is 0 Å². The molecular weight excluding hydrogens is 254 g/mol. The van der Waals surface area contributed by atoms with Crippen LogP contribution in [0.1, 0.15) is 0 Å². The van der Waals surface area contributed by atoms with Gasteiger partial charge >= 0.3 is 0 Å². The van der Waals surface area contributed by atoms with Gasteiger partial charge in [-0.25, -0.2) is 0 Å². The third-order valence-corrected chi connectivity index (χ3v) is 2.44. The first-order valence-electron chi connectivity index (χ1n) is 4.53. The zero-order valence-corrected chi connectivity index (χ0v) is 9.57. The van der Waals surface area contributed by atoms with E-state index in [9.17, 15) is 0 Å². The Bertz CT molecular complexity index is 456. The van der Waals surface area contributed by atoms with Gasteiger partial charge in [-0.3, -0.25) is 0 Å². The van der Waals surface area contributed by atoms with Gasteiger partial charge in [0, 0.05) is 4.47 Å². The minimum absolute atomic E-state index is 0.627. The van der Waals surface area contributed by atoms with Crippen molar-refractivity contribution in [2.45, 2.75) is 0 Å². The molecule has 2 aromatic carbocycles. The number of hydrogen-bond donors (Lipinski definition) is 1. The van der Waals surface area contributed by atoms with Crippen molar-refractivity contribution in [2.75, 3.05) is 5.73 Å². The van der Waals surface area contributed by atoms with Gasteiger partial charge in [0.15, 0.2) is 5.75 Å². The van der Waals surface area contributed by atoms with Crippen molar-refractivity contribution < 1.29 is 4.74 Å². The van der Waals surface area contributed by atoms with Crippen LogP contribution in [0, 0.1) is 0 Å². The summed E-state index contributed by atoms with van der Waals surface area (Å²) < 4.78 is 6.58. The van der Waals surface area contributed by atoms with E-state index in [1.165, 1.54) is 0 Å². The smallest absolute Gasteiger partial charge is 0.151 e. The van der Waals surface area contributed by atoms with E-state index in [0.29, 0.717) is 11.4 Å². The van der Waals surface area contributed by atoms with Crippen LogP contribution >= 0.6 is 15.9 Å². The maximum atomic E-state index is 5.79. The second-order valence-corrected chi connectivity index (χ2v) is 4.01. The van der Waals surface area contributed by atoms with E-state index in [2.05, 4.69) is 15.9 Å². The van der Waals surface area contributed by atoms with Crippen LogP contribution in [0.15, 0.2) is 53.0 Å². The Morgan fingerprint density at radius 2 is 1.73 bits per heavy atom. The molecule has 0 aliphatic heterocycles. The number of para-hydroxylation sites is 1. The van der Waals surface area contributed by atoms with Gasteiger partial charge in [-0.05, 0) is 30.3 Å². The number of anilines is 1. The zero-order valence-electron chi connectivity index (χ0n) is 7.98. The molecule has 0 saturated carbocycles. The van der Waals surface area contributed by atoms with E-state index >= 15 is 0 Å². The largest absolute Gasteiger partial charge is 0.455 e. The highest BCUT2D eigenvalue weighted by atomic mass is 79.9. The minimum Gasteiger partial charge on any atom is -0.455 e. The quantitative estimate of drug-likeness (QED) is 0.837. The van der Waals surface area contributed by atoms with Crippen LogP contribution in [0.3, 0.4) is 0 Å². The average molecular weight is 264 g/mol. The molecule has 0 unspecified atom stereocenters. The maximum absolute atomic E-state index is 5.79. The Kier molecular flexibility index (Phi) is 2.92. The lowest BCUT2D eigenvalue weighted by Crippen LogP contribution is -1.91. The molecule has 2 rings (SSSR count). The summed E-state index contributed by atoms with van der Waals surface area (Å²) in [6.07, 6.45) is 0. The van der Waals surface area contributed by atoms with Crippen molar-refractivity contribution in [3.05, 3.63) is 53.0 Å². The Morgan fingerprint density at radius 3 is 2.47 bits per heavy atom.